The monoisotopic (exact) mass is 179 g/mol. The van der Waals surface area contributed by atoms with Crippen LogP contribution in [0.4, 0.5) is 0 Å². The van der Waals surface area contributed by atoms with Gasteiger partial charge in [0.25, 0.3) is 0 Å². The fourth-order valence-corrected chi connectivity index (χ4v) is 0. The molecule has 0 unspecified atom stereocenters. The maximum atomic E-state index is 8.25. The minimum atomic E-state index is 0.750. The van der Waals surface area contributed by atoms with Crippen molar-refractivity contribution in [1.82, 2.24) is 0 Å². The summed E-state index contributed by atoms with van der Waals surface area (Å²) in [4.78, 5) is 0. The normalized spacial score (nSPS) is 1.67. The SMILES string of the molecule is O=P.[O]=[Ti].[O]=[V]. The molecule has 0 atom stereocenters. The van der Waals surface area contributed by atoms with E-state index in [1.165, 1.54) is 0 Å². The molecule has 0 aliphatic carbocycles. The van der Waals surface area contributed by atoms with Gasteiger partial charge in [-0.3, -0.25) is 4.57 Å². The molecular weight excluding hydrogens is 178 g/mol. The third-order valence-electron chi connectivity index (χ3n) is 0. The topological polar surface area (TPSA) is 51.2 Å². The molecule has 0 bridgehead atoms. The van der Waals surface area contributed by atoms with E-state index in [0.29, 0.717) is 0 Å². The van der Waals surface area contributed by atoms with Gasteiger partial charge in [-0.2, -0.15) is 0 Å². The quantitative estimate of drug-likeness (QED) is 0.395. The molecule has 0 heterocycles. The van der Waals surface area contributed by atoms with E-state index < -0.39 is 0 Å². The standard InChI is InChI=1S/HOP.2O.Ti.V/c1-2;;;;/h2H;;;;. The summed E-state index contributed by atoms with van der Waals surface area (Å²) in [6.45, 7) is 0. The van der Waals surface area contributed by atoms with Crippen molar-refractivity contribution in [1.29, 1.82) is 0 Å². The molecule has 0 rings (SSSR count). The Balaban J connectivity index is -0.0000000225. The van der Waals surface area contributed by atoms with Crippen LogP contribution < -0.4 is 0 Å². The third-order valence-corrected chi connectivity index (χ3v) is 0. The molecule has 0 aromatic carbocycles. The summed E-state index contributed by atoms with van der Waals surface area (Å²) in [6.07, 6.45) is 0. The van der Waals surface area contributed by atoms with Crippen molar-refractivity contribution < 1.29 is 49.3 Å². The van der Waals surface area contributed by atoms with Crippen LogP contribution >= 0.6 is 9.12 Å². The average molecular weight is 179 g/mol. The van der Waals surface area contributed by atoms with Crippen LogP contribution in [0, 0.1) is 0 Å². The summed E-state index contributed by atoms with van der Waals surface area (Å²) < 4.78 is 24.5. The van der Waals surface area contributed by atoms with Gasteiger partial charge in [-0.1, -0.05) is 0 Å². The van der Waals surface area contributed by atoms with E-state index in [1.54, 1.807) is 9.12 Å². The second-order valence-corrected chi connectivity index (χ2v) is 0. The predicted molar refractivity (Wildman–Crippen MR) is 10.4 cm³/mol. The molecule has 0 saturated heterocycles. The van der Waals surface area contributed by atoms with Crippen LogP contribution in [-0.4, -0.2) is 0 Å². The first-order chi connectivity index (χ1) is 3.00. The van der Waals surface area contributed by atoms with Crippen LogP contribution in [0.15, 0.2) is 0 Å². The molecule has 0 aliphatic rings. The van der Waals surface area contributed by atoms with Crippen molar-refractivity contribution >= 4 is 9.12 Å². The zero-order valence-corrected chi connectivity index (χ0v) is 6.63. The molecular formula is HO3PTiV. The maximum absolute atomic E-state index is 8.25. The van der Waals surface area contributed by atoms with Crippen LogP contribution in [0.2, 0.25) is 0 Å². The van der Waals surface area contributed by atoms with Gasteiger partial charge in [-0.25, -0.2) is 0 Å². The van der Waals surface area contributed by atoms with E-state index >= 15 is 0 Å². The number of rotatable bonds is 0. The third kappa shape index (κ3) is 80.1. The molecule has 0 N–H and O–H groups in total. The fraction of sp³-hybridized carbons (Fsp3) is 0. The number of hydrogen-bond donors (Lipinski definition) is 0. The van der Waals surface area contributed by atoms with Gasteiger partial charge in [0.05, 0.1) is 0 Å². The van der Waals surface area contributed by atoms with E-state index in [0.717, 1.165) is 37.8 Å². The minimum absolute atomic E-state index is 0.750. The Kier molecular flexibility index (Phi) is 394. The van der Waals surface area contributed by atoms with Gasteiger partial charge in [0, 0.05) is 0 Å². The van der Waals surface area contributed by atoms with Gasteiger partial charge in [-0.15, -0.1) is 0 Å². The van der Waals surface area contributed by atoms with E-state index in [9.17, 15) is 0 Å². The van der Waals surface area contributed by atoms with Gasteiger partial charge in [0.1, 0.15) is 9.12 Å². The predicted octanol–water partition coefficient (Wildman–Crippen LogP) is 0.232. The molecule has 0 radical (unpaired) electrons. The fourth-order valence-electron chi connectivity index (χ4n) is 0. The molecule has 0 aromatic heterocycles. The Morgan fingerprint density at radius 3 is 1.17 bits per heavy atom. The Bertz CT molecular complexity index is 15.5. The molecule has 0 saturated carbocycles. The first-order valence-corrected chi connectivity index (χ1v) is 2.21. The molecule has 0 amide bonds. The molecule has 33 valence electrons. The van der Waals surface area contributed by atoms with Crippen LogP contribution in [-0.2, 0) is 49.3 Å². The molecule has 6 heteroatoms. The Hall–Kier alpha value is 0.999. The molecule has 6 heavy (non-hydrogen) atoms. The van der Waals surface area contributed by atoms with Crippen molar-refractivity contribution in [2.45, 2.75) is 0 Å². The van der Waals surface area contributed by atoms with Crippen molar-refractivity contribution in [2.24, 2.45) is 0 Å². The zero-order chi connectivity index (χ0) is 6.00. The molecule has 0 fully saturated rings. The van der Waals surface area contributed by atoms with E-state index in [-0.39, 0.29) is 0 Å². The summed E-state index contributed by atoms with van der Waals surface area (Å²) in [5, 5.41) is 0. The second-order valence-electron chi connectivity index (χ2n) is 0. The van der Waals surface area contributed by atoms with E-state index in [2.05, 4.69) is 0 Å². The van der Waals surface area contributed by atoms with Crippen LogP contribution in [0.25, 0.3) is 0 Å². The van der Waals surface area contributed by atoms with Gasteiger partial charge in [0.15, 0.2) is 0 Å². The molecule has 0 spiro atoms. The average Bonchev–Trinajstić information content (AvgIpc) is 1.81. The van der Waals surface area contributed by atoms with Crippen molar-refractivity contribution in [2.75, 3.05) is 0 Å². The summed E-state index contributed by atoms with van der Waals surface area (Å²) in [6, 6.07) is 0. The molecule has 3 nitrogen and oxygen atoms in total. The first kappa shape index (κ1) is 15.8. The van der Waals surface area contributed by atoms with Crippen molar-refractivity contribution in [3.8, 4) is 0 Å². The summed E-state index contributed by atoms with van der Waals surface area (Å²) in [5.41, 5.74) is 0. The van der Waals surface area contributed by atoms with E-state index in [4.69, 9.17) is 11.6 Å². The van der Waals surface area contributed by atoms with Gasteiger partial charge in [-0.05, 0) is 0 Å². The van der Waals surface area contributed by atoms with Gasteiger partial charge in [0.2, 0.25) is 0 Å². The molecule has 0 aromatic rings. The summed E-state index contributed by atoms with van der Waals surface area (Å²) in [5.74, 6) is 0. The van der Waals surface area contributed by atoms with Gasteiger partial charge < -0.3 is 0 Å². The number of hydrogen-bond acceptors (Lipinski definition) is 3. The van der Waals surface area contributed by atoms with Crippen LogP contribution in [0.3, 0.4) is 0 Å². The summed E-state index contributed by atoms with van der Waals surface area (Å²) >= 11 is 1.81. The van der Waals surface area contributed by atoms with Crippen LogP contribution in [0.5, 0.6) is 0 Å². The van der Waals surface area contributed by atoms with Crippen molar-refractivity contribution in [3.63, 3.8) is 0 Å². The molecule has 0 aliphatic heterocycles. The zero-order valence-electron chi connectivity index (χ0n) is 2.67. The first-order valence-electron chi connectivity index (χ1n) is 0.591. The summed E-state index contributed by atoms with van der Waals surface area (Å²) in [7, 11) is 1.72. The van der Waals surface area contributed by atoms with Gasteiger partial charge >= 0.3 is 44.8 Å². The Morgan fingerprint density at radius 2 is 1.17 bits per heavy atom. The van der Waals surface area contributed by atoms with Crippen LogP contribution in [0.1, 0.15) is 0 Å². The van der Waals surface area contributed by atoms with Crippen molar-refractivity contribution in [3.05, 3.63) is 0 Å². The Labute approximate surface area is 58.4 Å². The second kappa shape index (κ2) is 150. The van der Waals surface area contributed by atoms with E-state index in [1.807, 2.05) is 0 Å². The Morgan fingerprint density at radius 1 is 1.17 bits per heavy atom.